The van der Waals surface area contributed by atoms with Gasteiger partial charge in [0, 0.05) is 0 Å². The summed E-state index contributed by atoms with van der Waals surface area (Å²) in [5.74, 6) is 0.928. The number of ether oxygens (including phenoxy) is 2. The Morgan fingerprint density at radius 3 is 2.47 bits per heavy atom. The molecule has 0 N–H and O–H groups in total. The predicted octanol–water partition coefficient (Wildman–Crippen LogP) is 1.29. The van der Waals surface area contributed by atoms with Crippen LogP contribution in [0, 0.1) is 5.41 Å². The van der Waals surface area contributed by atoms with Crippen LogP contribution in [0.3, 0.4) is 0 Å². The van der Waals surface area contributed by atoms with Crippen molar-refractivity contribution in [1.29, 1.82) is 0 Å². The van der Waals surface area contributed by atoms with E-state index in [2.05, 4.69) is 17.2 Å². The minimum Gasteiger partial charge on any atom is -0.493 e. The summed E-state index contributed by atoms with van der Waals surface area (Å²) >= 11 is 0. The quantitative estimate of drug-likeness (QED) is 0.710. The second-order valence-corrected chi connectivity index (χ2v) is 4.74. The first kappa shape index (κ1) is 10.7. The highest BCUT2D eigenvalue weighted by Crippen LogP contribution is 2.31. The molecule has 79 valence electrons. The molecule has 1 saturated heterocycles. The topological polar surface area (TPSA) is 18.5 Å². The van der Waals surface area contributed by atoms with Gasteiger partial charge < -0.3 is 9.47 Å². The third-order valence-electron chi connectivity index (χ3n) is 2.97. The zero-order valence-electron chi connectivity index (χ0n) is 8.95. The molecule has 3 radical (unpaired) electrons. The Kier molecular flexibility index (Phi) is 3.12. The second kappa shape index (κ2) is 4.37. The number of hydrogen-bond acceptors (Lipinski definition) is 2. The molecule has 0 atom stereocenters. The van der Waals surface area contributed by atoms with Crippen LogP contribution >= 0.6 is 0 Å². The van der Waals surface area contributed by atoms with Gasteiger partial charge in [-0.2, -0.15) is 0 Å². The third-order valence-corrected chi connectivity index (χ3v) is 3.30. The van der Waals surface area contributed by atoms with Gasteiger partial charge in [-0.05, 0) is 18.6 Å². The van der Waals surface area contributed by atoms with Crippen LogP contribution in [0.4, 0.5) is 0 Å². The first-order valence-electron chi connectivity index (χ1n) is 5.26. The van der Waals surface area contributed by atoms with Gasteiger partial charge in [0.05, 0.1) is 35.5 Å². The highest BCUT2D eigenvalue weighted by molar-refractivity contribution is 6.32. The van der Waals surface area contributed by atoms with Crippen molar-refractivity contribution in [2.24, 2.45) is 5.41 Å². The Morgan fingerprint density at radius 1 is 1.33 bits per heavy atom. The molecule has 2 nitrogen and oxygen atoms in total. The largest absolute Gasteiger partial charge is 0.493 e. The molecule has 1 aliphatic rings. The Bertz CT molecular complexity index is 311. The molecule has 0 spiro atoms. The van der Waals surface area contributed by atoms with Crippen molar-refractivity contribution in [3.63, 3.8) is 0 Å². The standard InChI is InChI=1S/C12H15O2Si/c1-2-12(7-13-8-12)9-14-10-3-5-11(15)6-4-10/h3-6H,2,7-9H2,1H3. The maximum Gasteiger partial charge on any atom is 0.119 e. The second-order valence-electron chi connectivity index (χ2n) is 4.16. The molecule has 1 aliphatic heterocycles. The highest BCUT2D eigenvalue weighted by Gasteiger charge is 2.37. The lowest BCUT2D eigenvalue weighted by Crippen LogP contribution is -2.46. The van der Waals surface area contributed by atoms with Gasteiger partial charge in [-0.25, -0.2) is 0 Å². The van der Waals surface area contributed by atoms with Gasteiger partial charge in [-0.15, -0.1) is 0 Å². The van der Waals surface area contributed by atoms with Gasteiger partial charge in [0.25, 0.3) is 0 Å². The van der Waals surface area contributed by atoms with Crippen LogP contribution in [0.15, 0.2) is 24.3 Å². The van der Waals surface area contributed by atoms with E-state index in [0.29, 0.717) is 0 Å². The van der Waals surface area contributed by atoms with E-state index >= 15 is 0 Å². The average molecular weight is 219 g/mol. The van der Waals surface area contributed by atoms with E-state index in [1.54, 1.807) is 0 Å². The van der Waals surface area contributed by atoms with E-state index in [1.807, 2.05) is 24.3 Å². The maximum absolute atomic E-state index is 5.76. The van der Waals surface area contributed by atoms with E-state index in [9.17, 15) is 0 Å². The molecule has 0 amide bonds. The zero-order valence-corrected chi connectivity index (χ0v) is 9.95. The molecule has 1 aromatic carbocycles. The van der Waals surface area contributed by atoms with E-state index in [0.717, 1.165) is 37.2 Å². The molecular formula is C12H15O2Si. The van der Waals surface area contributed by atoms with Gasteiger partial charge >= 0.3 is 0 Å². The van der Waals surface area contributed by atoms with Gasteiger partial charge in [-0.1, -0.05) is 24.2 Å². The number of benzene rings is 1. The summed E-state index contributed by atoms with van der Waals surface area (Å²) in [5.41, 5.74) is 0.257. The number of rotatable bonds is 4. The molecule has 1 fully saturated rings. The van der Waals surface area contributed by atoms with Crippen LogP contribution in [0.5, 0.6) is 5.75 Å². The summed E-state index contributed by atoms with van der Waals surface area (Å²) in [5, 5.41) is 1.07. The van der Waals surface area contributed by atoms with Crippen molar-refractivity contribution in [2.75, 3.05) is 19.8 Å². The minimum absolute atomic E-state index is 0.257. The monoisotopic (exact) mass is 219 g/mol. The highest BCUT2D eigenvalue weighted by atomic mass is 28.1. The van der Waals surface area contributed by atoms with Crippen LogP contribution in [0.1, 0.15) is 13.3 Å². The van der Waals surface area contributed by atoms with Gasteiger partial charge in [0.2, 0.25) is 0 Å². The van der Waals surface area contributed by atoms with Gasteiger partial charge in [-0.3, -0.25) is 0 Å². The smallest absolute Gasteiger partial charge is 0.119 e. The summed E-state index contributed by atoms with van der Waals surface area (Å²) < 4.78 is 11.0. The van der Waals surface area contributed by atoms with Gasteiger partial charge in [0.15, 0.2) is 0 Å². The van der Waals surface area contributed by atoms with Crippen molar-refractivity contribution in [1.82, 2.24) is 0 Å². The summed E-state index contributed by atoms with van der Waals surface area (Å²) in [6, 6.07) is 7.93. The van der Waals surface area contributed by atoms with Crippen molar-refractivity contribution < 1.29 is 9.47 Å². The molecule has 15 heavy (non-hydrogen) atoms. The summed E-state index contributed by atoms with van der Waals surface area (Å²) in [6.07, 6.45) is 1.11. The summed E-state index contributed by atoms with van der Waals surface area (Å²) in [6.45, 7) is 4.61. The Labute approximate surface area is 94.0 Å². The molecule has 0 aromatic heterocycles. The van der Waals surface area contributed by atoms with Crippen molar-refractivity contribution in [2.45, 2.75) is 13.3 Å². The molecule has 0 unspecified atom stereocenters. The van der Waals surface area contributed by atoms with Crippen LogP contribution in [-0.4, -0.2) is 30.1 Å². The molecule has 0 saturated carbocycles. The Hall–Kier alpha value is -0.803. The number of hydrogen-bond donors (Lipinski definition) is 0. The van der Waals surface area contributed by atoms with E-state index < -0.39 is 0 Å². The third kappa shape index (κ3) is 2.41. The first-order valence-corrected chi connectivity index (χ1v) is 5.76. The van der Waals surface area contributed by atoms with Gasteiger partial charge in [0.1, 0.15) is 5.75 Å². The van der Waals surface area contributed by atoms with Crippen LogP contribution in [0.2, 0.25) is 0 Å². The summed E-state index contributed by atoms with van der Waals surface area (Å²) in [7, 11) is 3.45. The zero-order chi connectivity index (χ0) is 10.7. The molecular weight excluding hydrogens is 204 g/mol. The molecule has 1 heterocycles. The fourth-order valence-electron chi connectivity index (χ4n) is 1.57. The normalized spacial score (nSPS) is 18.3. The molecule has 1 aromatic rings. The molecule has 2 rings (SSSR count). The molecule has 3 heteroatoms. The Morgan fingerprint density at radius 2 is 2.00 bits per heavy atom. The fraction of sp³-hybridized carbons (Fsp3) is 0.500. The fourth-order valence-corrected chi connectivity index (χ4v) is 1.73. The van der Waals surface area contributed by atoms with E-state index in [1.165, 1.54) is 0 Å². The lowest BCUT2D eigenvalue weighted by Gasteiger charge is -2.40. The lowest BCUT2D eigenvalue weighted by atomic mass is 9.84. The average Bonchev–Trinajstić information content (AvgIpc) is 2.20. The van der Waals surface area contributed by atoms with Crippen LogP contribution in [-0.2, 0) is 4.74 Å². The predicted molar refractivity (Wildman–Crippen MR) is 60.9 cm³/mol. The van der Waals surface area contributed by atoms with Crippen molar-refractivity contribution >= 4 is 15.4 Å². The Balaban J connectivity index is 1.90. The van der Waals surface area contributed by atoms with E-state index in [4.69, 9.17) is 9.47 Å². The van der Waals surface area contributed by atoms with E-state index in [-0.39, 0.29) is 5.41 Å². The summed E-state index contributed by atoms with van der Waals surface area (Å²) in [4.78, 5) is 0. The first-order chi connectivity index (χ1) is 7.24. The molecule has 0 aliphatic carbocycles. The SMILES string of the molecule is CCC1(COc2ccc([Si])cc2)COC1. The minimum atomic E-state index is 0.257. The molecule has 0 bridgehead atoms. The van der Waals surface area contributed by atoms with Crippen LogP contribution in [0.25, 0.3) is 0 Å². The lowest BCUT2D eigenvalue weighted by molar-refractivity contribution is -0.133. The van der Waals surface area contributed by atoms with Crippen LogP contribution < -0.4 is 9.92 Å². The van der Waals surface area contributed by atoms with Crippen molar-refractivity contribution in [3.8, 4) is 5.75 Å². The maximum atomic E-state index is 5.76. The van der Waals surface area contributed by atoms with Crippen molar-refractivity contribution in [3.05, 3.63) is 24.3 Å².